The first-order valence-corrected chi connectivity index (χ1v) is 10.4. The minimum atomic E-state index is -0.401. The number of carbonyl (C=O) groups excluding carboxylic acids is 2. The van der Waals surface area contributed by atoms with Crippen molar-refractivity contribution in [3.05, 3.63) is 108 Å². The Kier molecular flexibility index (Phi) is 6.43. The van der Waals surface area contributed by atoms with E-state index in [1.807, 2.05) is 72.9 Å². The molecule has 0 spiro atoms. The maximum atomic E-state index is 12.7. The molecule has 31 heavy (non-hydrogen) atoms. The van der Waals surface area contributed by atoms with Crippen LogP contribution < -0.4 is 10.6 Å². The first-order chi connectivity index (χ1) is 15.2. The smallest absolute Gasteiger partial charge is 0.251 e. The van der Waals surface area contributed by atoms with Crippen LogP contribution in [0.2, 0.25) is 0 Å². The van der Waals surface area contributed by atoms with Crippen LogP contribution in [0.4, 0.5) is 0 Å². The third kappa shape index (κ3) is 5.20. The average Bonchev–Trinajstić information content (AvgIpc) is 3.23. The Morgan fingerprint density at radius 2 is 1.52 bits per heavy atom. The van der Waals surface area contributed by atoms with Crippen LogP contribution in [0.1, 0.15) is 33.9 Å². The van der Waals surface area contributed by atoms with Gasteiger partial charge in [-0.05, 0) is 35.7 Å². The maximum absolute atomic E-state index is 12.7. The molecule has 3 N–H and O–H groups in total. The summed E-state index contributed by atoms with van der Waals surface area (Å²) < 4.78 is 0. The Labute approximate surface area is 181 Å². The summed E-state index contributed by atoms with van der Waals surface area (Å²) in [6.07, 6.45) is 2.91. The van der Waals surface area contributed by atoms with Crippen LogP contribution in [-0.4, -0.2) is 23.3 Å². The number of para-hydroxylation sites is 1. The number of aromatic nitrogens is 1. The Hall–Kier alpha value is -3.86. The fourth-order valence-electron chi connectivity index (χ4n) is 3.70. The number of carbonyl (C=O) groups is 2. The van der Waals surface area contributed by atoms with Crippen molar-refractivity contribution in [1.29, 1.82) is 0 Å². The van der Waals surface area contributed by atoms with Crippen LogP contribution in [0.25, 0.3) is 10.9 Å². The summed E-state index contributed by atoms with van der Waals surface area (Å²) in [5.74, 6) is -0.289. The summed E-state index contributed by atoms with van der Waals surface area (Å²) in [6, 6.07) is 26.4. The number of benzene rings is 3. The highest BCUT2D eigenvalue weighted by Gasteiger charge is 2.19. The topological polar surface area (TPSA) is 74.0 Å². The second-order valence-electron chi connectivity index (χ2n) is 7.47. The van der Waals surface area contributed by atoms with Crippen LogP contribution >= 0.6 is 0 Å². The molecule has 1 heterocycles. The van der Waals surface area contributed by atoms with Crippen molar-refractivity contribution in [3.63, 3.8) is 0 Å². The van der Waals surface area contributed by atoms with Crippen molar-refractivity contribution in [2.75, 3.05) is 6.54 Å². The Morgan fingerprint density at radius 3 is 2.29 bits per heavy atom. The molecule has 156 valence electrons. The zero-order chi connectivity index (χ0) is 21.5. The van der Waals surface area contributed by atoms with Crippen LogP contribution in [-0.2, 0) is 11.2 Å². The molecule has 3 aromatic carbocycles. The van der Waals surface area contributed by atoms with Crippen molar-refractivity contribution >= 4 is 22.7 Å². The second kappa shape index (κ2) is 9.76. The van der Waals surface area contributed by atoms with Gasteiger partial charge in [-0.1, -0.05) is 66.7 Å². The molecule has 0 aliphatic carbocycles. The number of fused-ring (bicyclic) bond motifs is 1. The highest BCUT2D eigenvalue weighted by molar-refractivity contribution is 5.94. The summed E-state index contributed by atoms with van der Waals surface area (Å²) in [7, 11) is 0. The van der Waals surface area contributed by atoms with Gasteiger partial charge in [0.2, 0.25) is 5.91 Å². The second-order valence-corrected chi connectivity index (χ2v) is 7.47. The van der Waals surface area contributed by atoms with E-state index >= 15 is 0 Å². The molecule has 0 unspecified atom stereocenters. The van der Waals surface area contributed by atoms with Gasteiger partial charge in [0.05, 0.1) is 12.5 Å². The number of H-pyrrole nitrogens is 1. The van der Waals surface area contributed by atoms with Gasteiger partial charge in [-0.3, -0.25) is 9.59 Å². The molecule has 5 heteroatoms. The molecule has 1 aromatic heterocycles. The van der Waals surface area contributed by atoms with Gasteiger partial charge in [-0.25, -0.2) is 0 Å². The fourth-order valence-corrected chi connectivity index (χ4v) is 3.70. The summed E-state index contributed by atoms with van der Waals surface area (Å²) >= 11 is 0. The van der Waals surface area contributed by atoms with Gasteiger partial charge in [-0.2, -0.15) is 0 Å². The standard InChI is InChI=1S/C26H25N3O2/c30-25(27-16-15-21-18-28-23-14-8-7-13-22(21)23)17-24(19-9-3-1-4-10-19)29-26(31)20-11-5-2-6-12-20/h1-14,18,24,28H,15-17H2,(H,27,30)(H,29,31)/t24-/m0/s1. The number of amides is 2. The minimum absolute atomic E-state index is 0.0953. The molecule has 0 aliphatic heterocycles. The van der Waals surface area contributed by atoms with E-state index in [9.17, 15) is 9.59 Å². The lowest BCUT2D eigenvalue weighted by Crippen LogP contribution is -2.34. The van der Waals surface area contributed by atoms with Gasteiger partial charge < -0.3 is 15.6 Å². The molecule has 1 atom stereocenters. The first-order valence-electron chi connectivity index (χ1n) is 10.4. The van der Waals surface area contributed by atoms with Gasteiger partial charge in [0.25, 0.3) is 5.91 Å². The van der Waals surface area contributed by atoms with Crippen molar-refractivity contribution in [2.45, 2.75) is 18.9 Å². The number of rotatable bonds is 8. The third-order valence-corrected chi connectivity index (χ3v) is 5.32. The van der Waals surface area contributed by atoms with Crippen molar-refractivity contribution in [3.8, 4) is 0 Å². The third-order valence-electron chi connectivity index (χ3n) is 5.32. The van der Waals surface area contributed by atoms with Gasteiger partial charge >= 0.3 is 0 Å². The lowest BCUT2D eigenvalue weighted by Gasteiger charge is -2.19. The first kappa shape index (κ1) is 20.4. The van der Waals surface area contributed by atoms with E-state index in [1.54, 1.807) is 12.1 Å². The van der Waals surface area contributed by atoms with Crippen LogP contribution in [0, 0.1) is 0 Å². The van der Waals surface area contributed by atoms with Crippen molar-refractivity contribution in [1.82, 2.24) is 15.6 Å². The van der Waals surface area contributed by atoms with E-state index in [4.69, 9.17) is 0 Å². The van der Waals surface area contributed by atoms with Crippen LogP contribution in [0.5, 0.6) is 0 Å². The van der Waals surface area contributed by atoms with Gasteiger partial charge in [0, 0.05) is 29.2 Å². The number of aromatic amines is 1. The Morgan fingerprint density at radius 1 is 0.839 bits per heavy atom. The highest BCUT2D eigenvalue weighted by Crippen LogP contribution is 2.19. The summed E-state index contributed by atoms with van der Waals surface area (Å²) in [4.78, 5) is 28.6. The van der Waals surface area contributed by atoms with Crippen LogP contribution in [0.15, 0.2) is 91.1 Å². The SMILES string of the molecule is O=C(C[C@H](NC(=O)c1ccccc1)c1ccccc1)NCCc1c[nH]c2ccccc12. The largest absolute Gasteiger partial charge is 0.361 e. The summed E-state index contributed by atoms with van der Waals surface area (Å²) in [6.45, 7) is 0.537. The van der Waals surface area contributed by atoms with E-state index in [0.717, 1.165) is 17.5 Å². The molecule has 0 radical (unpaired) electrons. The van der Waals surface area contributed by atoms with E-state index in [-0.39, 0.29) is 18.2 Å². The predicted octanol–water partition coefficient (Wildman–Crippen LogP) is 4.39. The molecule has 4 rings (SSSR count). The lowest BCUT2D eigenvalue weighted by molar-refractivity contribution is -0.121. The molecule has 0 bridgehead atoms. The normalized spacial score (nSPS) is 11.7. The molecular weight excluding hydrogens is 386 g/mol. The zero-order valence-corrected chi connectivity index (χ0v) is 17.2. The lowest BCUT2D eigenvalue weighted by atomic mass is 10.0. The van der Waals surface area contributed by atoms with E-state index in [1.165, 1.54) is 10.9 Å². The average molecular weight is 412 g/mol. The minimum Gasteiger partial charge on any atom is -0.361 e. The maximum Gasteiger partial charge on any atom is 0.251 e. The molecule has 4 aromatic rings. The van der Waals surface area contributed by atoms with Gasteiger partial charge in [0.15, 0.2) is 0 Å². The quantitative estimate of drug-likeness (QED) is 0.402. The van der Waals surface area contributed by atoms with E-state index in [0.29, 0.717) is 12.1 Å². The monoisotopic (exact) mass is 411 g/mol. The summed E-state index contributed by atoms with van der Waals surface area (Å²) in [5, 5.41) is 7.17. The van der Waals surface area contributed by atoms with Gasteiger partial charge in [0.1, 0.15) is 0 Å². The van der Waals surface area contributed by atoms with E-state index < -0.39 is 6.04 Å². The number of nitrogens with one attached hydrogen (secondary N) is 3. The molecule has 0 saturated heterocycles. The zero-order valence-electron chi connectivity index (χ0n) is 17.2. The fraction of sp³-hybridized carbons (Fsp3) is 0.154. The number of hydrogen-bond donors (Lipinski definition) is 3. The van der Waals surface area contributed by atoms with Crippen LogP contribution in [0.3, 0.4) is 0 Å². The Balaban J connectivity index is 1.38. The molecular formula is C26H25N3O2. The summed E-state index contributed by atoms with van der Waals surface area (Å²) in [5.41, 5.74) is 3.74. The molecule has 5 nitrogen and oxygen atoms in total. The predicted molar refractivity (Wildman–Crippen MR) is 123 cm³/mol. The Bertz CT molecular complexity index is 1150. The number of hydrogen-bond acceptors (Lipinski definition) is 2. The van der Waals surface area contributed by atoms with Crippen molar-refractivity contribution < 1.29 is 9.59 Å². The molecule has 0 saturated carbocycles. The van der Waals surface area contributed by atoms with Crippen molar-refractivity contribution in [2.24, 2.45) is 0 Å². The molecule has 2 amide bonds. The molecule has 0 fully saturated rings. The highest BCUT2D eigenvalue weighted by atomic mass is 16.2. The van der Waals surface area contributed by atoms with Gasteiger partial charge in [-0.15, -0.1) is 0 Å². The molecule has 0 aliphatic rings. The van der Waals surface area contributed by atoms with E-state index in [2.05, 4.69) is 21.7 Å².